The van der Waals surface area contributed by atoms with Crippen LogP contribution in [0.25, 0.3) is 0 Å². The molecule has 0 radical (unpaired) electrons. The summed E-state index contributed by atoms with van der Waals surface area (Å²) in [6, 6.07) is 16.2. The van der Waals surface area contributed by atoms with Crippen LogP contribution in [0.15, 0.2) is 71.9 Å². The molecule has 162 valence electrons. The maximum atomic E-state index is 12.7. The molecule has 8 heteroatoms. The number of nitrogens with zero attached hydrogens (tertiary/aromatic N) is 3. The number of amides is 1. The summed E-state index contributed by atoms with van der Waals surface area (Å²) in [6.45, 7) is 3.39. The fraction of sp³-hybridized carbons (Fsp3) is 0.304. The second kappa shape index (κ2) is 9.03. The van der Waals surface area contributed by atoms with Gasteiger partial charge in [0, 0.05) is 43.6 Å². The zero-order valence-corrected chi connectivity index (χ0v) is 18.3. The predicted octanol–water partition coefficient (Wildman–Crippen LogP) is 3.28. The Kier molecular flexibility index (Phi) is 6.20. The molecule has 1 aliphatic heterocycles. The van der Waals surface area contributed by atoms with E-state index in [2.05, 4.69) is 14.9 Å². The van der Waals surface area contributed by atoms with Gasteiger partial charge in [0.05, 0.1) is 4.90 Å². The van der Waals surface area contributed by atoms with E-state index in [9.17, 15) is 13.2 Å². The summed E-state index contributed by atoms with van der Waals surface area (Å²) in [5.74, 6) is 0.698. The van der Waals surface area contributed by atoms with Crippen molar-refractivity contribution in [1.82, 2.24) is 13.9 Å². The number of anilines is 1. The summed E-state index contributed by atoms with van der Waals surface area (Å²) in [7, 11) is -3.50. The van der Waals surface area contributed by atoms with E-state index in [0.717, 1.165) is 23.6 Å². The molecule has 0 aliphatic carbocycles. The Morgan fingerprint density at radius 2 is 1.74 bits per heavy atom. The smallest absolute Gasteiger partial charge is 0.243 e. The zero-order chi connectivity index (χ0) is 21.8. The van der Waals surface area contributed by atoms with Gasteiger partial charge in [-0.2, -0.15) is 4.31 Å². The van der Waals surface area contributed by atoms with Gasteiger partial charge in [-0.15, -0.1) is 0 Å². The average Bonchev–Trinajstić information content (AvgIpc) is 3.20. The van der Waals surface area contributed by atoms with Crippen LogP contribution < -0.4 is 5.32 Å². The largest absolute Gasteiger partial charge is 0.331 e. The molecule has 7 nitrogen and oxygen atoms in total. The lowest BCUT2D eigenvalue weighted by molar-refractivity contribution is -0.120. The number of benzene rings is 2. The molecule has 1 saturated heterocycles. The second-order valence-electron chi connectivity index (χ2n) is 7.78. The molecule has 2 aromatic carbocycles. The number of hydrogen-bond acceptors (Lipinski definition) is 4. The second-order valence-corrected chi connectivity index (χ2v) is 9.72. The molecule has 0 unspecified atom stereocenters. The Morgan fingerprint density at radius 3 is 2.35 bits per heavy atom. The highest BCUT2D eigenvalue weighted by atomic mass is 32.2. The maximum Gasteiger partial charge on any atom is 0.243 e. The Hall–Kier alpha value is -2.97. The highest BCUT2D eigenvalue weighted by Gasteiger charge is 2.32. The van der Waals surface area contributed by atoms with Crippen molar-refractivity contribution in [1.29, 1.82) is 0 Å². The van der Waals surface area contributed by atoms with Crippen LogP contribution in [0.3, 0.4) is 0 Å². The molecule has 1 N–H and O–H groups in total. The van der Waals surface area contributed by atoms with Crippen LogP contribution >= 0.6 is 0 Å². The zero-order valence-electron chi connectivity index (χ0n) is 17.4. The molecule has 4 rings (SSSR count). The summed E-state index contributed by atoms with van der Waals surface area (Å²) in [5.41, 5.74) is 1.87. The first-order chi connectivity index (χ1) is 14.9. The fourth-order valence-electron chi connectivity index (χ4n) is 3.81. The summed E-state index contributed by atoms with van der Waals surface area (Å²) in [6.07, 6.45) is 4.74. The summed E-state index contributed by atoms with van der Waals surface area (Å²) in [5, 5.41) is 2.97. The van der Waals surface area contributed by atoms with E-state index in [1.807, 2.05) is 37.4 Å². The maximum absolute atomic E-state index is 12.7. The third-order valence-corrected chi connectivity index (χ3v) is 7.62. The Labute approximate surface area is 182 Å². The molecule has 2 heterocycles. The van der Waals surface area contributed by atoms with Gasteiger partial charge in [-0.1, -0.05) is 30.3 Å². The van der Waals surface area contributed by atoms with Crippen LogP contribution in [-0.4, -0.2) is 41.3 Å². The van der Waals surface area contributed by atoms with Crippen molar-refractivity contribution in [2.45, 2.75) is 31.2 Å². The third-order valence-electron chi connectivity index (χ3n) is 5.70. The number of carbonyl (C=O) groups excluding carboxylic acids is 1. The van der Waals surface area contributed by atoms with Crippen molar-refractivity contribution in [2.75, 3.05) is 18.4 Å². The Balaban J connectivity index is 1.31. The first-order valence-electron chi connectivity index (χ1n) is 10.4. The summed E-state index contributed by atoms with van der Waals surface area (Å²) in [4.78, 5) is 17.2. The van der Waals surface area contributed by atoms with E-state index >= 15 is 0 Å². The summed E-state index contributed by atoms with van der Waals surface area (Å²) >= 11 is 0. The average molecular weight is 439 g/mol. The quantitative estimate of drug-likeness (QED) is 0.640. The van der Waals surface area contributed by atoms with Crippen LogP contribution in [0.5, 0.6) is 0 Å². The summed E-state index contributed by atoms with van der Waals surface area (Å²) < 4.78 is 29.0. The monoisotopic (exact) mass is 438 g/mol. The van der Waals surface area contributed by atoms with Crippen molar-refractivity contribution in [3.05, 3.63) is 78.4 Å². The van der Waals surface area contributed by atoms with E-state index in [1.54, 1.807) is 36.5 Å². The number of aromatic nitrogens is 2. The lowest BCUT2D eigenvalue weighted by atomic mass is 9.97. The number of aryl methyl sites for hydroxylation is 1. The minimum Gasteiger partial charge on any atom is -0.331 e. The number of sulfonamides is 1. The SMILES string of the molecule is Cc1nccn1Cc1ccc(NC(=O)C2CCN(S(=O)(=O)c3ccccc3)CC2)cc1. The number of piperidine rings is 1. The fourth-order valence-corrected chi connectivity index (χ4v) is 5.30. The van der Waals surface area contributed by atoms with Crippen LogP contribution in [-0.2, 0) is 21.4 Å². The minimum atomic E-state index is -3.50. The molecule has 0 spiro atoms. The molecule has 0 bridgehead atoms. The number of rotatable bonds is 6. The van der Waals surface area contributed by atoms with Crippen molar-refractivity contribution >= 4 is 21.6 Å². The minimum absolute atomic E-state index is 0.0602. The first kappa shape index (κ1) is 21.3. The molecule has 1 amide bonds. The normalized spacial score (nSPS) is 15.6. The molecule has 0 atom stereocenters. The lowest BCUT2D eigenvalue weighted by Gasteiger charge is -2.30. The topological polar surface area (TPSA) is 84.3 Å². The third kappa shape index (κ3) is 4.86. The van der Waals surface area contributed by atoms with Gasteiger partial charge in [0.15, 0.2) is 0 Å². The Bertz CT molecular complexity index is 1130. The predicted molar refractivity (Wildman–Crippen MR) is 119 cm³/mol. The Morgan fingerprint density at radius 1 is 1.06 bits per heavy atom. The van der Waals surface area contributed by atoms with Gasteiger partial charge in [-0.25, -0.2) is 13.4 Å². The highest BCUT2D eigenvalue weighted by Crippen LogP contribution is 2.25. The van der Waals surface area contributed by atoms with Gasteiger partial charge in [0.2, 0.25) is 15.9 Å². The van der Waals surface area contributed by atoms with Gasteiger partial charge in [0.1, 0.15) is 5.82 Å². The van der Waals surface area contributed by atoms with Crippen LogP contribution in [0.4, 0.5) is 5.69 Å². The number of hydrogen-bond donors (Lipinski definition) is 1. The molecule has 1 aromatic heterocycles. The molecule has 1 aliphatic rings. The van der Waals surface area contributed by atoms with Crippen molar-refractivity contribution in [2.24, 2.45) is 5.92 Å². The van der Waals surface area contributed by atoms with Crippen LogP contribution in [0.1, 0.15) is 24.2 Å². The number of imidazole rings is 1. The molecular formula is C23H26N4O3S. The van der Waals surface area contributed by atoms with Gasteiger partial charge < -0.3 is 9.88 Å². The molecular weight excluding hydrogens is 412 g/mol. The van der Waals surface area contributed by atoms with Crippen LogP contribution in [0.2, 0.25) is 0 Å². The van der Waals surface area contributed by atoms with Crippen molar-refractivity contribution in [3.63, 3.8) is 0 Å². The van der Waals surface area contributed by atoms with E-state index in [1.165, 1.54) is 4.31 Å². The van der Waals surface area contributed by atoms with Gasteiger partial charge >= 0.3 is 0 Å². The molecule has 1 fully saturated rings. The van der Waals surface area contributed by atoms with Gasteiger partial charge in [-0.3, -0.25) is 4.79 Å². The van der Waals surface area contributed by atoms with Gasteiger partial charge in [0.25, 0.3) is 0 Å². The highest BCUT2D eigenvalue weighted by molar-refractivity contribution is 7.89. The van der Waals surface area contributed by atoms with E-state index in [0.29, 0.717) is 30.8 Å². The molecule has 0 saturated carbocycles. The first-order valence-corrected chi connectivity index (χ1v) is 11.8. The van der Waals surface area contributed by atoms with Crippen LogP contribution in [0, 0.1) is 12.8 Å². The number of nitrogens with one attached hydrogen (secondary N) is 1. The number of carbonyl (C=O) groups is 1. The van der Waals surface area contributed by atoms with E-state index in [-0.39, 0.29) is 11.8 Å². The van der Waals surface area contributed by atoms with Crippen molar-refractivity contribution in [3.8, 4) is 0 Å². The van der Waals surface area contributed by atoms with Crippen molar-refractivity contribution < 1.29 is 13.2 Å². The molecule has 31 heavy (non-hydrogen) atoms. The standard InChI is InChI=1S/C23H26N4O3S/c1-18-24-13-16-26(18)17-19-7-9-21(10-8-19)25-23(28)20-11-14-27(15-12-20)31(29,30)22-5-3-2-4-6-22/h2-10,13,16,20H,11-12,14-15,17H2,1H3,(H,25,28). The van der Waals surface area contributed by atoms with E-state index < -0.39 is 10.0 Å². The molecule has 3 aromatic rings. The van der Waals surface area contributed by atoms with E-state index in [4.69, 9.17) is 0 Å². The van der Waals surface area contributed by atoms with Gasteiger partial charge in [-0.05, 0) is 49.6 Å². The lowest BCUT2D eigenvalue weighted by Crippen LogP contribution is -2.41.